The molecule has 1 unspecified atom stereocenters. The molecule has 4 heteroatoms. The van der Waals surface area contributed by atoms with Crippen molar-refractivity contribution in [3.05, 3.63) is 33.8 Å². The number of hydrogen-bond acceptors (Lipinski definition) is 1. The fourth-order valence-electron chi connectivity index (χ4n) is 1.94. The van der Waals surface area contributed by atoms with Crippen molar-refractivity contribution in [1.82, 2.24) is 4.90 Å². The van der Waals surface area contributed by atoms with Crippen molar-refractivity contribution in [2.45, 2.75) is 18.2 Å². The molecule has 16 heavy (non-hydrogen) atoms. The number of hydrogen-bond donors (Lipinski definition) is 0. The summed E-state index contributed by atoms with van der Waals surface area (Å²) in [5, 5.41) is 0. The molecule has 86 valence electrons. The van der Waals surface area contributed by atoms with Crippen LogP contribution >= 0.6 is 31.9 Å². The molecule has 0 aliphatic carbocycles. The van der Waals surface area contributed by atoms with Crippen molar-refractivity contribution in [2.75, 3.05) is 13.1 Å². The van der Waals surface area contributed by atoms with Gasteiger partial charge in [-0.1, -0.05) is 31.9 Å². The van der Waals surface area contributed by atoms with Gasteiger partial charge in [0.25, 0.3) is 5.91 Å². The van der Waals surface area contributed by atoms with Gasteiger partial charge in [-0.05, 0) is 37.1 Å². The highest BCUT2D eigenvalue weighted by Crippen LogP contribution is 2.22. The van der Waals surface area contributed by atoms with Crippen LogP contribution in [0.3, 0.4) is 0 Å². The summed E-state index contributed by atoms with van der Waals surface area (Å²) in [4.78, 5) is 14.6. The Kier molecular flexibility index (Phi) is 3.70. The van der Waals surface area contributed by atoms with Crippen LogP contribution in [0.25, 0.3) is 0 Å². The van der Waals surface area contributed by atoms with Crippen molar-refractivity contribution in [3.8, 4) is 0 Å². The summed E-state index contributed by atoms with van der Waals surface area (Å²) in [6, 6.07) is 5.79. The first-order valence-corrected chi connectivity index (χ1v) is 6.98. The zero-order valence-electron chi connectivity index (χ0n) is 9.04. The topological polar surface area (TPSA) is 20.3 Å². The maximum atomic E-state index is 12.2. The molecule has 1 fully saturated rings. The third kappa shape index (κ3) is 2.48. The number of likely N-dealkylation sites (tertiary alicyclic amines) is 1. The molecule has 1 saturated heterocycles. The van der Waals surface area contributed by atoms with E-state index < -0.39 is 0 Å². The molecule has 0 N–H and O–H groups in total. The first-order valence-electron chi connectivity index (χ1n) is 5.27. The smallest absolute Gasteiger partial charge is 0.254 e. The van der Waals surface area contributed by atoms with Crippen molar-refractivity contribution in [3.63, 3.8) is 0 Å². The SMILES string of the molecule is Cc1cc(Br)ccc1C(=O)N1CCC(Br)C1. The van der Waals surface area contributed by atoms with Gasteiger partial charge in [-0.25, -0.2) is 0 Å². The zero-order chi connectivity index (χ0) is 11.7. The van der Waals surface area contributed by atoms with Gasteiger partial charge in [-0.2, -0.15) is 0 Å². The molecular weight excluding hydrogens is 334 g/mol. The predicted octanol–water partition coefficient (Wildman–Crippen LogP) is 3.37. The number of nitrogens with zero attached hydrogens (tertiary/aromatic N) is 1. The van der Waals surface area contributed by atoms with Gasteiger partial charge in [0.05, 0.1) is 0 Å². The number of rotatable bonds is 1. The van der Waals surface area contributed by atoms with E-state index in [2.05, 4.69) is 31.9 Å². The van der Waals surface area contributed by atoms with Crippen molar-refractivity contribution >= 4 is 37.8 Å². The Morgan fingerprint density at radius 1 is 1.50 bits per heavy atom. The van der Waals surface area contributed by atoms with Crippen LogP contribution in [0.4, 0.5) is 0 Å². The lowest BCUT2D eigenvalue weighted by atomic mass is 10.1. The maximum absolute atomic E-state index is 12.2. The first-order chi connectivity index (χ1) is 7.58. The second kappa shape index (κ2) is 4.88. The first kappa shape index (κ1) is 12.1. The van der Waals surface area contributed by atoms with E-state index in [-0.39, 0.29) is 5.91 Å². The summed E-state index contributed by atoms with van der Waals surface area (Å²) < 4.78 is 1.02. The maximum Gasteiger partial charge on any atom is 0.254 e. The van der Waals surface area contributed by atoms with Gasteiger partial charge >= 0.3 is 0 Å². The summed E-state index contributed by atoms with van der Waals surface area (Å²) >= 11 is 6.95. The summed E-state index contributed by atoms with van der Waals surface area (Å²) in [6.07, 6.45) is 1.04. The van der Waals surface area contributed by atoms with E-state index in [9.17, 15) is 4.79 Å². The quantitative estimate of drug-likeness (QED) is 0.714. The summed E-state index contributed by atoms with van der Waals surface area (Å²) in [5.74, 6) is 0.145. The van der Waals surface area contributed by atoms with Crippen LogP contribution < -0.4 is 0 Å². The Labute approximate surface area is 112 Å². The predicted molar refractivity (Wildman–Crippen MR) is 72.1 cm³/mol. The van der Waals surface area contributed by atoms with Crippen LogP contribution in [0.5, 0.6) is 0 Å². The molecule has 1 heterocycles. The minimum absolute atomic E-state index is 0.145. The third-order valence-electron chi connectivity index (χ3n) is 2.84. The average molecular weight is 347 g/mol. The lowest BCUT2D eigenvalue weighted by Crippen LogP contribution is -2.29. The van der Waals surface area contributed by atoms with Crippen molar-refractivity contribution in [1.29, 1.82) is 0 Å². The highest BCUT2D eigenvalue weighted by Gasteiger charge is 2.25. The van der Waals surface area contributed by atoms with Gasteiger partial charge in [0.1, 0.15) is 0 Å². The van der Waals surface area contributed by atoms with Crippen molar-refractivity contribution in [2.24, 2.45) is 0 Å². The summed E-state index contributed by atoms with van der Waals surface area (Å²) in [7, 11) is 0. The standard InChI is InChI=1S/C12H13Br2NO/c1-8-6-9(13)2-3-11(8)12(16)15-5-4-10(14)7-15/h2-3,6,10H,4-5,7H2,1H3. The lowest BCUT2D eigenvalue weighted by Gasteiger charge is -2.17. The van der Waals surface area contributed by atoms with E-state index in [1.807, 2.05) is 30.0 Å². The van der Waals surface area contributed by atoms with Crippen molar-refractivity contribution < 1.29 is 4.79 Å². The van der Waals surface area contributed by atoms with Crippen LogP contribution in [-0.2, 0) is 0 Å². The molecule has 1 aliphatic heterocycles. The number of amides is 1. The van der Waals surface area contributed by atoms with Crippen LogP contribution in [-0.4, -0.2) is 28.7 Å². The van der Waals surface area contributed by atoms with E-state index in [0.29, 0.717) is 4.83 Å². The van der Waals surface area contributed by atoms with Gasteiger partial charge in [0.2, 0.25) is 0 Å². The fraction of sp³-hybridized carbons (Fsp3) is 0.417. The highest BCUT2D eigenvalue weighted by atomic mass is 79.9. The molecule has 0 aromatic heterocycles. The van der Waals surface area contributed by atoms with E-state index in [1.54, 1.807) is 0 Å². The number of aryl methyl sites for hydroxylation is 1. The molecule has 1 atom stereocenters. The molecule has 1 aliphatic rings. The fourth-order valence-corrected chi connectivity index (χ4v) is 2.97. The molecule has 1 aromatic rings. The normalized spacial score (nSPS) is 20.2. The molecule has 0 bridgehead atoms. The van der Waals surface area contributed by atoms with Crippen LogP contribution in [0.1, 0.15) is 22.3 Å². The Morgan fingerprint density at radius 2 is 2.25 bits per heavy atom. The molecule has 0 radical (unpaired) electrons. The van der Waals surface area contributed by atoms with Crippen LogP contribution in [0.2, 0.25) is 0 Å². The van der Waals surface area contributed by atoms with Gasteiger partial charge in [-0.15, -0.1) is 0 Å². The monoisotopic (exact) mass is 345 g/mol. The molecule has 1 aromatic carbocycles. The largest absolute Gasteiger partial charge is 0.337 e. The van der Waals surface area contributed by atoms with Crippen LogP contribution in [0.15, 0.2) is 22.7 Å². The van der Waals surface area contributed by atoms with E-state index in [0.717, 1.165) is 35.1 Å². The number of alkyl halides is 1. The minimum Gasteiger partial charge on any atom is -0.337 e. The lowest BCUT2D eigenvalue weighted by molar-refractivity contribution is 0.0792. The van der Waals surface area contributed by atoms with E-state index in [1.165, 1.54) is 0 Å². The minimum atomic E-state index is 0.145. The van der Waals surface area contributed by atoms with Gasteiger partial charge < -0.3 is 4.90 Å². The number of halogens is 2. The molecular formula is C12H13Br2NO. The molecule has 2 nitrogen and oxygen atoms in total. The van der Waals surface area contributed by atoms with Gasteiger partial charge in [0, 0.05) is 28.0 Å². The molecule has 0 saturated carbocycles. The van der Waals surface area contributed by atoms with Gasteiger partial charge in [0.15, 0.2) is 0 Å². The molecule has 1 amide bonds. The molecule has 2 rings (SSSR count). The van der Waals surface area contributed by atoms with Gasteiger partial charge in [-0.3, -0.25) is 4.79 Å². The van der Waals surface area contributed by atoms with E-state index in [4.69, 9.17) is 0 Å². The number of benzene rings is 1. The summed E-state index contributed by atoms with van der Waals surface area (Å²) in [6.45, 7) is 3.64. The summed E-state index contributed by atoms with van der Waals surface area (Å²) in [5.41, 5.74) is 1.84. The molecule has 0 spiro atoms. The van der Waals surface area contributed by atoms with E-state index >= 15 is 0 Å². The third-order valence-corrected chi connectivity index (χ3v) is 4.08. The Hall–Kier alpha value is -0.350. The Balaban J connectivity index is 2.21. The highest BCUT2D eigenvalue weighted by molar-refractivity contribution is 9.10. The number of carbonyl (C=O) groups excluding carboxylic acids is 1. The second-order valence-corrected chi connectivity index (χ2v) is 6.31. The average Bonchev–Trinajstić information content (AvgIpc) is 2.64. The second-order valence-electron chi connectivity index (χ2n) is 4.10. The Morgan fingerprint density at radius 3 is 2.81 bits per heavy atom. The van der Waals surface area contributed by atoms with Crippen LogP contribution in [0, 0.1) is 6.92 Å². The zero-order valence-corrected chi connectivity index (χ0v) is 12.2. The Bertz CT molecular complexity index is 419. The number of carbonyl (C=O) groups is 1.